The van der Waals surface area contributed by atoms with E-state index in [9.17, 15) is 13.2 Å². The summed E-state index contributed by atoms with van der Waals surface area (Å²) >= 11 is 0. The molecule has 1 aromatic rings. The Kier molecular flexibility index (Phi) is 4.55. The van der Waals surface area contributed by atoms with Crippen molar-refractivity contribution in [2.24, 2.45) is 0 Å². The van der Waals surface area contributed by atoms with E-state index in [1.807, 2.05) is 0 Å². The molecule has 1 aromatic heterocycles. The van der Waals surface area contributed by atoms with Gasteiger partial charge in [0.05, 0.1) is 6.61 Å². The average Bonchev–Trinajstić information content (AvgIpc) is 2.65. The molecule has 0 spiro atoms. The molecule has 1 unspecified atom stereocenters. The number of rotatable bonds is 5. The number of carbonyl (C=O) groups is 1. The van der Waals surface area contributed by atoms with Gasteiger partial charge in [0.25, 0.3) is 9.05 Å². The van der Waals surface area contributed by atoms with Gasteiger partial charge in [0.2, 0.25) is 0 Å². The second-order valence-corrected chi connectivity index (χ2v) is 5.92. The van der Waals surface area contributed by atoms with E-state index in [4.69, 9.17) is 20.2 Å². The lowest BCUT2D eigenvalue weighted by atomic mass is 10.4. The van der Waals surface area contributed by atoms with Crippen molar-refractivity contribution in [2.45, 2.75) is 17.9 Å². The monoisotopic (exact) mass is 281 g/mol. The number of aromatic nitrogens is 1. The Labute approximate surface area is 103 Å². The van der Waals surface area contributed by atoms with Crippen LogP contribution in [0.5, 0.6) is 0 Å². The predicted octanol–water partition coefficient (Wildman–Crippen LogP) is 1.13. The summed E-state index contributed by atoms with van der Waals surface area (Å²) in [4.78, 5) is 13.8. The highest BCUT2D eigenvalue weighted by Crippen LogP contribution is 2.16. The van der Waals surface area contributed by atoms with Crippen molar-refractivity contribution in [1.29, 1.82) is 0 Å². The van der Waals surface area contributed by atoms with E-state index in [1.54, 1.807) is 6.92 Å². The van der Waals surface area contributed by atoms with Crippen molar-refractivity contribution in [2.75, 3.05) is 13.7 Å². The van der Waals surface area contributed by atoms with Gasteiger partial charge in [-0.15, -0.1) is 0 Å². The summed E-state index contributed by atoms with van der Waals surface area (Å²) in [5.74, 6) is -0.666. The molecule has 8 heteroatoms. The zero-order chi connectivity index (χ0) is 13.1. The smallest absolute Gasteiger partial charge is 0.355 e. The summed E-state index contributed by atoms with van der Waals surface area (Å²) < 4.78 is 31.7. The van der Waals surface area contributed by atoms with Crippen LogP contribution in [0.4, 0.5) is 0 Å². The fraction of sp³-hybridized carbons (Fsp3) is 0.444. The quantitative estimate of drug-likeness (QED) is 0.646. The van der Waals surface area contributed by atoms with Crippen molar-refractivity contribution < 1.29 is 22.7 Å². The number of methoxy groups -OCH3 is 1. The van der Waals surface area contributed by atoms with Gasteiger partial charge in [-0.1, -0.05) is 0 Å². The molecule has 17 heavy (non-hydrogen) atoms. The molecule has 0 aliphatic heterocycles. The Morgan fingerprint density at radius 2 is 2.24 bits per heavy atom. The van der Waals surface area contributed by atoms with Crippen LogP contribution in [0.3, 0.4) is 0 Å². The van der Waals surface area contributed by atoms with E-state index in [2.05, 4.69) is 4.98 Å². The van der Waals surface area contributed by atoms with Crippen LogP contribution in [-0.2, 0) is 18.5 Å². The van der Waals surface area contributed by atoms with E-state index in [1.165, 1.54) is 7.11 Å². The van der Waals surface area contributed by atoms with Crippen molar-refractivity contribution in [3.8, 4) is 0 Å². The van der Waals surface area contributed by atoms with E-state index >= 15 is 0 Å². The van der Waals surface area contributed by atoms with E-state index < -0.39 is 21.1 Å². The first-order valence-corrected chi connectivity index (χ1v) is 6.98. The third-order valence-corrected chi connectivity index (χ3v) is 3.20. The summed E-state index contributed by atoms with van der Waals surface area (Å²) in [6.45, 7) is 1.91. The Bertz CT molecular complexity index is 495. The minimum atomic E-state index is -3.85. The predicted molar refractivity (Wildman–Crippen MR) is 60.6 cm³/mol. The molecule has 0 fully saturated rings. The zero-order valence-corrected chi connectivity index (χ0v) is 10.8. The number of hydrogen-bond acceptors (Lipinski definition) is 5. The number of esters is 1. The Morgan fingerprint density at radius 3 is 2.71 bits per heavy atom. The summed E-state index contributed by atoms with van der Waals surface area (Å²) in [5.41, 5.74) is 0.0205. The lowest BCUT2D eigenvalue weighted by Crippen LogP contribution is -2.19. The highest BCUT2D eigenvalue weighted by Gasteiger charge is 2.18. The van der Waals surface area contributed by atoms with Crippen LogP contribution in [-0.4, -0.2) is 39.2 Å². The molecule has 0 saturated heterocycles. The van der Waals surface area contributed by atoms with Gasteiger partial charge < -0.3 is 14.5 Å². The van der Waals surface area contributed by atoms with Gasteiger partial charge >= 0.3 is 5.97 Å². The van der Waals surface area contributed by atoms with Crippen LogP contribution < -0.4 is 0 Å². The molecule has 1 heterocycles. The summed E-state index contributed by atoms with van der Waals surface area (Å²) in [6, 6.07) is 1.12. The molecule has 0 radical (unpaired) electrons. The SMILES string of the molecule is COCC(C)OC(=O)c1cc(S(=O)(=O)Cl)c[nH]1. The lowest BCUT2D eigenvalue weighted by molar-refractivity contribution is 0.0115. The van der Waals surface area contributed by atoms with Crippen LogP contribution in [0.2, 0.25) is 0 Å². The Hall–Kier alpha value is -1.05. The molecule has 96 valence electrons. The maximum atomic E-state index is 11.5. The van der Waals surface area contributed by atoms with Crippen LogP contribution in [0, 0.1) is 0 Å². The Balaban J connectivity index is 2.74. The molecular formula is C9H12ClNO5S. The molecule has 1 atom stereocenters. The van der Waals surface area contributed by atoms with Crippen molar-refractivity contribution in [1.82, 2.24) is 4.98 Å². The number of H-pyrrole nitrogens is 1. The summed E-state index contributed by atoms with van der Waals surface area (Å²) in [7, 11) is 2.75. The topological polar surface area (TPSA) is 85.5 Å². The van der Waals surface area contributed by atoms with Crippen molar-refractivity contribution in [3.05, 3.63) is 18.0 Å². The second-order valence-electron chi connectivity index (χ2n) is 3.36. The van der Waals surface area contributed by atoms with Crippen LogP contribution >= 0.6 is 10.7 Å². The highest BCUT2D eigenvalue weighted by atomic mass is 35.7. The normalized spacial score (nSPS) is 13.4. The third kappa shape index (κ3) is 4.03. The first kappa shape index (κ1) is 14.0. The van der Waals surface area contributed by atoms with Crippen molar-refractivity contribution in [3.63, 3.8) is 0 Å². The average molecular weight is 282 g/mol. The maximum absolute atomic E-state index is 11.5. The largest absolute Gasteiger partial charge is 0.456 e. The van der Waals surface area contributed by atoms with Gasteiger partial charge in [-0.25, -0.2) is 13.2 Å². The van der Waals surface area contributed by atoms with Gasteiger partial charge in [0.1, 0.15) is 16.7 Å². The first-order chi connectivity index (χ1) is 7.84. The van der Waals surface area contributed by atoms with E-state index in [0.717, 1.165) is 12.3 Å². The molecule has 0 amide bonds. The molecule has 0 aliphatic rings. The van der Waals surface area contributed by atoms with Gasteiger partial charge in [-0.05, 0) is 13.0 Å². The standard InChI is InChI=1S/C9H12ClNO5S/c1-6(5-15-2)16-9(12)8-3-7(4-11-8)17(10,13)14/h3-4,6,11H,5H2,1-2H3. The number of ether oxygens (including phenoxy) is 2. The maximum Gasteiger partial charge on any atom is 0.355 e. The molecule has 0 bridgehead atoms. The van der Waals surface area contributed by atoms with Crippen LogP contribution in [0.1, 0.15) is 17.4 Å². The van der Waals surface area contributed by atoms with Crippen LogP contribution in [0.25, 0.3) is 0 Å². The number of carbonyl (C=O) groups excluding carboxylic acids is 1. The van der Waals surface area contributed by atoms with E-state index in [0.29, 0.717) is 0 Å². The number of halogens is 1. The highest BCUT2D eigenvalue weighted by molar-refractivity contribution is 8.13. The minimum absolute atomic E-state index is 0.0205. The number of aromatic amines is 1. The molecule has 1 N–H and O–H groups in total. The summed E-state index contributed by atoms with van der Waals surface area (Å²) in [5, 5.41) is 0. The van der Waals surface area contributed by atoms with Gasteiger partial charge in [0.15, 0.2) is 0 Å². The molecule has 6 nitrogen and oxygen atoms in total. The van der Waals surface area contributed by atoms with Gasteiger partial charge in [0, 0.05) is 24.0 Å². The van der Waals surface area contributed by atoms with Gasteiger partial charge in [-0.2, -0.15) is 0 Å². The van der Waals surface area contributed by atoms with Crippen LogP contribution in [0.15, 0.2) is 17.2 Å². The fourth-order valence-electron chi connectivity index (χ4n) is 1.15. The number of hydrogen-bond donors (Lipinski definition) is 1. The minimum Gasteiger partial charge on any atom is -0.456 e. The van der Waals surface area contributed by atoms with Gasteiger partial charge in [-0.3, -0.25) is 0 Å². The summed E-state index contributed by atoms with van der Waals surface area (Å²) in [6.07, 6.45) is 0.701. The third-order valence-electron chi connectivity index (χ3n) is 1.87. The number of nitrogens with one attached hydrogen (secondary N) is 1. The molecule has 0 saturated carbocycles. The Morgan fingerprint density at radius 1 is 1.59 bits per heavy atom. The fourth-order valence-corrected chi connectivity index (χ4v) is 1.87. The molecular weight excluding hydrogens is 270 g/mol. The van der Waals surface area contributed by atoms with Crippen molar-refractivity contribution >= 4 is 25.7 Å². The second kappa shape index (κ2) is 5.52. The molecule has 0 aliphatic carbocycles. The zero-order valence-electron chi connectivity index (χ0n) is 9.27. The van der Waals surface area contributed by atoms with E-state index in [-0.39, 0.29) is 17.2 Å². The molecule has 1 rings (SSSR count). The lowest BCUT2D eigenvalue weighted by Gasteiger charge is -2.10. The first-order valence-electron chi connectivity index (χ1n) is 4.67. The molecule has 0 aromatic carbocycles.